The van der Waals surface area contributed by atoms with E-state index in [9.17, 15) is 14.4 Å². The first-order valence-electron chi connectivity index (χ1n) is 8.96. The SMILES string of the molecule is COC(=O)C1=C(C(=O)OC)N(c2ccc(NC(=O)c3cccs3)c(C)c2)C=CC=C1. The highest BCUT2D eigenvalue weighted by molar-refractivity contribution is 7.12. The summed E-state index contributed by atoms with van der Waals surface area (Å²) in [5, 5.41) is 4.72. The average molecular weight is 424 g/mol. The minimum absolute atomic E-state index is 0.0316. The molecular formula is C22H20N2O5S. The fourth-order valence-corrected chi connectivity index (χ4v) is 3.51. The van der Waals surface area contributed by atoms with Crippen LogP contribution >= 0.6 is 11.3 Å². The van der Waals surface area contributed by atoms with Crippen LogP contribution in [0.25, 0.3) is 0 Å². The van der Waals surface area contributed by atoms with Crippen LogP contribution in [0.5, 0.6) is 0 Å². The van der Waals surface area contributed by atoms with Gasteiger partial charge in [0.05, 0.1) is 24.7 Å². The second kappa shape index (κ2) is 9.23. The molecule has 0 bridgehead atoms. The molecule has 1 aromatic carbocycles. The normalized spacial score (nSPS) is 13.1. The third kappa shape index (κ3) is 4.33. The van der Waals surface area contributed by atoms with E-state index in [1.54, 1.807) is 47.5 Å². The van der Waals surface area contributed by atoms with Gasteiger partial charge in [-0.05, 0) is 54.3 Å². The molecule has 1 aliphatic heterocycles. The van der Waals surface area contributed by atoms with Crippen LogP contribution in [-0.2, 0) is 19.1 Å². The zero-order chi connectivity index (χ0) is 21.7. The van der Waals surface area contributed by atoms with Crippen molar-refractivity contribution in [2.45, 2.75) is 6.92 Å². The molecule has 1 N–H and O–H groups in total. The van der Waals surface area contributed by atoms with Gasteiger partial charge in [0, 0.05) is 17.6 Å². The number of hydrogen-bond acceptors (Lipinski definition) is 7. The number of ether oxygens (including phenoxy) is 2. The number of nitrogens with zero attached hydrogens (tertiary/aromatic N) is 1. The van der Waals surface area contributed by atoms with E-state index in [0.717, 1.165) is 5.56 Å². The molecule has 0 aliphatic carbocycles. The van der Waals surface area contributed by atoms with E-state index in [4.69, 9.17) is 9.47 Å². The molecule has 0 fully saturated rings. The monoisotopic (exact) mass is 424 g/mol. The molecule has 0 unspecified atom stereocenters. The summed E-state index contributed by atoms with van der Waals surface area (Å²) in [6.07, 6.45) is 6.48. The lowest BCUT2D eigenvalue weighted by Gasteiger charge is -2.24. The first kappa shape index (κ1) is 21.1. The van der Waals surface area contributed by atoms with E-state index in [0.29, 0.717) is 16.3 Å². The maximum atomic E-state index is 12.5. The van der Waals surface area contributed by atoms with Crippen molar-refractivity contribution in [1.82, 2.24) is 0 Å². The number of thiophene rings is 1. The fourth-order valence-electron chi connectivity index (χ4n) is 2.90. The third-order valence-electron chi connectivity index (χ3n) is 4.37. The number of allylic oxidation sites excluding steroid dienone is 2. The van der Waals surface area contributed by atoms with Crippen molar-refractivity contribution in [2.75, 3.05) is 24.4 Å². The highest BCUT2D eigenvalue weighted by atomic mass is 32.1. The number of amides is 1. The van der Waals surface area contributed by atoms with Gasteiger partial charge < -0.3 is 19.7 Å². The Labute approximate surface area is 177 Å². The Balaban J connectivity index is 1.98. The largest absolute Gasteiger partial charge is 0.465 e. The Kier molecular flexibility index (Phi) is 6.48. The summed E-state index contributed by atoms with van der Waals surface area (Å²) in [6, 6.07) is 8.85. The number of carbonyl (C=O) groups is 3. The predicted molar refractivity (Wildman–Crippen MR) is 115 cm³/mol. The number of methoxy groups -OCH3 is 2. The van der Waals surface area contributed by atoms with Crippen LogP contribution < -0.4 is 10.2 Å². The van der Waals surface area contributed by atoms with E-state index in [2.05, 4.69) is 5.32 Å². The summed E-state index contributed by atoms with van der Waals surface area (Å²) in [5.74, 6) is -1.53. The zero-order valence-electron chi connectivity index (χ0n) is 16.7. The number of benzene rings is 1. The lowest BCUT2D eigenvalue weighted by molar-refractivity contribution is -0.139. The number of rotatable bonds is 5. The van der Waals surface area contributed by atoms with E-state index in [1.807, 2.05) is 18.4 Å². The van der Waals surface area contributed by atoms with Gasteiger partial charge in [0.1, 0.15) is 5.70 Å². The molecule has 0 radical (unpaired) electrons. The molecule has 7 nitrogen and oxygen atoms in total. The summed E-state index contributed by atoms with van der Waals surface area (Å²) in [4.78, 5) is 39.3. The Morgan fingerprint density at radius 2 is 1.80 bits per heavy atom. The highest BCUT2D eigenvalue weighted by Gasteiger charge is 2.27. The van der Waals surface area contributed by atoms with Crippen molar-refractivity contribution in [3.8, 4) is 0 Å². The van der Waals surface area contributed by atoms with Gasteiger partial charge in [0.15, 0.2) is 0 Å². The summed E-state index contributed by atoms with van der Waals surface area (Å²) in [6.45, 7) is 1.84. The van der Waals surface area contributed by atoms with Gasteiger partial charge in [-0.3, -0.25) is 4.79 Å². The van der Waals surface area contributed by atoms with Crippen LogP contribution in [0.3, 0.4) is 0 Å². The second-order valence-corrected chi connectivity index (χ2v) is 7.19. The van der Waals surface area contributed by atoms with Crippen LogP contribution in [0.4, 0.5) is 11.4 Å². The van der Waals surface area contributed by atoms with Crippen LogP contribution in [-0.4, -0.2) is 32.1 Å². The molecule has 2 aromatic rings. The molecule has 3 rings (SSSR count). The predicted octanol–water partition coefficient (Wildman–Crippen LogP) is 3.80. The summed E-state index contributed by atoms with van der Waals surface area (Å²) in [5.41, 5.74) is 2.15. The van der Waals surface area contributed by atoms with Crippen LogP contribution in [0.15, 0.2) is 71.4 Å². The van der Waals surface area contributed by atoms with Gasteiger partial charge in [-0.1, -0.05) is 12.1 Å². The Hall–Kier alpha value is -3.65. The van der Waals surface area contributed by atoms with Crippen molar-refractivity contribution in [2.24, 2.45) is 0 Å². The minimum Gasteiger partial charge on any atom is -0.465 e. The quantitative estimate of drug-likeness (QED) is 0.735. The Morgan fingerprint density at radius 1 is 1.03 bits per heavy atom. The maximum Gasteiger partial charge on any atom is 0.355 e. The smallest absolute Gasteiger partial charge is 0.355 e. The standard InChI is InChI=1S/C22H20N2O5S/c1-14-13-15(9-10-17(14)23-20(25)18-8-6-12-30-18)24-11-5-4-7-16(21(26)28-2)19(24)22(27)29-3/h4-13H,1-3H3,(H,23,25). The van der Waals surface area contributed by atoms with Crippen molar-refractivity contribution in [3.05, 3.63) is 81.9 Å². The Bertz CT molecular complexity index is 1070. The van der Waals surface area contributed by atoms with Crippen LogP contribution in [0, 0.1) is 6.92 Å². The Morgan fingerprint density at radius 3 is 2.43 bits per heavy atom. The molecule has 2 heterocycles. The first-order valence-corrected chi connectivity index (χ1v) is 9.84. The molecule has 0 saturated carbocycles. The number of anilines is 2. The van der Waals surface area contributed by atoms with Crippen molar-refractivity contribution < 1.29 is 23.9 Å². The molecule has 1 amide bonds. The van der Waals surface area contributed by atoms with Crippen LogP contribution in [0.2, 0.25) is 0 Å². The topological polar surface area (TPSA) is 84.9 Å². The molecule has 8 heteroatoms. The van der Waals surface area contributed by atoms with E-state index < -0.39 is 11.9 Å². The van der Waals surface area contributed by atoms with E-state index >= 15 is 0 Å². The molecule has 1 aliphatic rings. The van der Waals surface area contributed by atoms with E-state index in [-0.39, 0.29) is 17.2 Å². The molecule has 154 valence electrons. The number of esters is 2. The van der Waals surface area contributed by atoms with Gasteiger partial charge in [-0.2, -0.15) is 0 Å². The number of nitrogens with one attached hydrogen (secondary N) is 1. The summed E-state index contributed by atoms with van der Waals surface area (Å²) in [7, 11) is 2.49. The van der Waals surface area contributed by atoms with Crippen LogP contribution in [0.1, 0.15) is 15.2 Å². The van der Waals surface area contributed by atoms with Gasteiger partial charge in [0.25, 0.3) is 5.91 Å². The molecule has 1 aromatic heterocycles. The fraction of sp³-hybridized carbons (Fsp3) is 0.136. The van der Waals surface area contributed by atoms with Gasteiger partial charge in [-0.25, -0.2) is 9.59 Å². The highest BCUT2D eigenvalue weighted by Crippen LogP contribution is 2.29. The number of aryl methyl sites for hydroxylation is 1. The lowest BCUT2D eigenvalue weighted by Crippen LogP contribution is -2.27. The zero-order valence-corrected chi connectivity index (χ0v) is 17.5. The number of hydrogen-bond donors (Lipinski definition) is 1. The molecular weight excluding hydrogens is 404 g/mol. The summed E-state index contributed by atoms with van der Waals surface area (Å²) >= 11 is 1.36. The van der Waals surface area contributed by atoms with Gasteiger partial charge in [-0.15, -0.1) is 11.3 Å². The van der Waals surface area contributed by atoms with Gasteiger partial charge in [0.2, 0.25) is 0 Å². The molecule has 0 spiro atoms. The second-order valence-electron chi connectivity index (χ2n) is 6.25. The average Bonchev–Trinajstić information content (AvgIpc) is 3.20. The van der Waals surface area contributed by atoms with Crippen molar-refractivity contribution in [3.63, 3.8) is 0 Å². The van der Waals surface area contributed by atoms with E-state index in [1.165, 1.54) is 31.6 Å². The molecule has 0 atom stereocenters. The molecule has 30 heavy (non-hydrogen) atoms. The maximum absolute atomic E-state index is 12.5. The minimum atomic E-state index is -0.681. The molecule has 0 saturated heterocycles. The third-order valence-corrected chi connectivity index (χ3v) is 5.24. The van der Waals surface area contributed by atoms with Gasteiger partial charge >= 0.3 is 11.9 Å². The van der Waals surface area contributed by atoms with Crippen molar-refractivity contribution in [1.29, 1.82) is 0 Å². The lowest BCUT2D eigenvalue weighted by atomic mass is 10.1. The summed E-state index contributed by atoms with van der Waals surface area (Å²) < 4.78 is 9.72. The van der Waals surface area contributed by atoms with Crippen molar-refractivity contribution >= 4 is 40.6 Å². The number of carbonyl (C=O) groups excluding carboxylic acids is 3. The first-order chi connectivity index (χ1) is 14.5.